The highest BCUT2D eigenvalue weighted by Gasteiger charge is 2.47. The average Bonchev–Trinajstić information content (AvgIpc) is 2.60. The van der Waals surface area contributed by atoms with Crippen LogP contribution in [0.3, 0.4) is 0 Å². The van der Waals surface area contributed by atoms with Gasteiger partial charge in [-0.1, -0.05) is 26.8 Å². The third kappa shape index (κ3) is 1.53. The lowest BCUT2D eigenvalue weighted by molar-refractivity contribution is 0.301. The Bertz CT molecular complexity index is 472. The highest BCUT2D eigenvalue weighted by Crippen LogP contribution is 2.48. The third-order valence-electron chi connectivity index (χ3n) is 4.16. The van der Waals surface area contributed by atoms with E-state index in [1.165, 1.54) is 11.1 Å². The normalized spacial score (nSPS) is 26.7. The van der Waals surface area contributed by atoms with E-state index in [-0.39, 0.29) is 5.41 Å². The quantitative estimate of drug-likeness (QED) is 0.779. The molecule has 2 heteroatoms. The molecule has 1 aliphatic rings. The van der Waals surface area contributed by atoms with Crippen LogP contribution < -0.4 is 4.74 Å². The zero-order chi connectivity index (χ0) is 12.6. The van der Waals surface area contributed by atoms with E-state index in [0.717, 1.165) is 12.2 Å². The molecule has 0 bridgehead atoms. The Morgan fingerprint density at radius 2 is 2.18 bits per heavy atom. The Hall–Kier alpha value is -1.49. The lowest BCUT2D eigenvalue weighted by Crippen LogP contribution is -2.34. The van der Waals surface area contributed by atoms with E-state index in [1.54, 1.807) is 7.11 Å². The number of benzene rings is 1. The van der Waals surface area contributed by atoms with Gasteiger partial charge in [0, 0.05) is 0 Å². The first-order valence-corrected chi connectivity index (χ1v) is 6.15. The molecule has 0 amide bonds. The molecule has 0 N–H and O–H groups in total. The summed E-state index contributed by atoms with van der Waals surface area (Å²) in [5.74, 6) is 1.53. The lowest BCUT2D eigenvalue weighted by Gasteiger charge is -2.31. The van der Waals surface area contributed by atoms with Gasteiger partial charge >= 0.3 is 0 Å². The van der Waals surface area contributed by atoms with Crippen molar-refractivity contribution in [2.45, 2.75) is 32.6 Å². The average molecular weight is 229 g/mol. The van der Waals surface area contributed by atoms with Gasteiger partial charge in [-0.3, -0.25) is 0 Å². The summed E-state index contributed by atoms with van der Waals surface area (Å²) in [6.07, 6.45) is 0.991. The van der Waals surface area contributed by atoms with Gasteiger partial charge in [-0.05, 0) is 41.5 Å². The van der Waals surface area contributed by atoms with Gasteiger partial charge in [-0.2, -0.15) is 5.26 Å². The highest BCUT2D eigenvalue weighted by molar-refractivity contribution is 5.49. The van der Waals surface area contributed by atoms with Gasteiger partial charge in [0.25, 0.3) is 0 Å². The molecule has 17 heavy (non-hydrogen) atoms. The molecule has 0 unspecified atom stereocenters. The Kier molecular flexibility index (Phi) is 2.87. The van der Waals surface area contributed by atoms with E-state index in [4.69, 9.17) is 4.74 Å². The maximum absolute atomic E-state index is 9.68. The van der Waals surface area contributed by atoms with Gasteiger partial charge in [0.2, 0.25) is 0 Å². The lowest BCUT2D eigenvalue weighted by atomic mass is 9.69. The first-order chi connectivity index (χ1) is 8.06. The zero-order valence-electron chi connectivity index (χ0n) is 10.9. The number of hydrogen-bond acceptors (Lipinski definition) is 2. The van der Waals surface area contributed by atoms with Crippen molar-refractivity contribution in [3.05, 3.63) is 29.3 Å². The summed E-state index contributed by atoms with van der Waals surface area (Å²) in [4.78, 5) is 0. The number of fused-ring (bicyclic) bond motifs is 1. The second-order valence-electron chi connectivity index (χ2n) is 5.26. The van der Waals surface area contributed by atoms with Crippen LogP contribution in [0.5, 0.6) is 5.75 Å². The van der Waals surface area contributed by atoms with Crippen LogP contribution in [-0.2, 0) is 11.8 Å². The monoisotopic (exact) mass is 229 g/mol. The Balaban J connectivity index is 2.63. The third-order valence-corrected chi connectivity index (χ3v) is 4.16. The van der Waals surface area contributed by atoms with Crippen molar-refractivity contribution < 1.29 is 4.74 Å². The minimum atomic E-state index is -0.357. The van der Waals surface area contributed by atoms with Gasteiger partial charge in [0.05, 0.1) is 18.6 Å². The fourth-order valence-electron chi connectivity index (χ4n) is 3.18. The maximum Gasteiger partial charge on any atom is 0.119 e. The van der Waals surface area contributed by atoms with Crippen LogP contribution in [0.25, 0.3) is 0 Å². The van der Waals surface area contributed by atoms with E-state index in [2.05, 4.69) is 32.9 Å². The Morgan fingerprint density at radius 1 is 1.47 bits per heavy atom. The molecule has 0 aromatic heterocycles. The summed E-state index contributed by atoms with van der Waals surface area (Å²) in [5, 5.41) is 9.68. The smallest absolute Gasteiger partial charge is 0.119 e. The molecule has 1 aliphatic carbocycles. The van der Waals surface area contributed by atoms with Crippen LogP contribution >= 0.6 is 0 Å². The molecule has 0 saturated heterocycles. The molecule has 0 spiro atoms. The molecule has 0 heterocycles. The first-order valence-electron chi connectivity index (χ1n) is 6.15. The van der Waals surface area contributed by atoms with Gasteiger partial charge < -0.3 is 4.74 Å². The van der Waals surface area contributed by atoms with Gasteiger partial charge in [-0.15, -0.1) is 0 Å². The molecule has 0 radical (unpaired) electrons. The van der Waals surface area contributed by atoms with E-state index in [9.17, 15) is 5.26 Å². The molecule has 1 aromatic carbocycles. The number of ether oxygens (including phenoxy) is 1. The van der Waals surface area contributed by atoms with Crippen molar-refractivity contribution in [2.24, 2.45) is 11.8 Å². The van der Waals surface area contributed by atoms with Crippen LogP contribution in [0.1, 0.15) is 31.9 Å². The standard InChI is InChI=1S/C15H19NO/c1-10(2)15(9-16)11(3)7-12-5-6-13(17-4)8-14(12)15/h5-6,8,10-11H,7H2,1-4H3/t11-,15+/m1/s1. The molecule has 0 fully saturated rings. The van der Waals surface area contributed by atoms with E-state index >= 15 is 0 Å². The zero-order valence-corrected chi connectivity index (χ0v) is 10.9. The number of nitriles is 1. The van der Waals surface area contributed by atoms with Crippen molar-refractivity contribution in [1.29, 1.82) is 5.26 Å². The maximum atomic E-state index is 9.68. The number of nitrogens with zero attached hydrogens (tertiary/aromatic N) is 1. The van der Waals surface area contributed by atoms with Crippen LogP contribution in [0.4, 0.5) is 0 Å². The number of hydrogen-bond donors (Lipinski definition) is 0. The van der Waals surface area contributed by atoms with Gasteiger partial charge in [-0.25, -0.2) is 0 Å². The number of rotatable bonds is 2. The molecular formula is C15H19NO. The summed E-state index contributed by atoms with van der Waals surface area (Å²) in [6, 6.07) is 8.71. The molecule has 2 rings (SSSR count). The molecule has 1 aromatic rings. The second kappa shape index (κ2) is 4.07. The predicted octanol–water partition coefficient (Wildman–Crippen LogP) is 3.30. The summed E-state index contributed by atoms with van der Waals surface area (Å²) in [5.41, 5.74) is 2.11. The van der Waals surface area contributed by atoms with Gasteiger partial charge in [0.15, 0.2) is 0 Å². The topological polar surface area (TPSA) is 33.0 Å². The molecular weight excluding hydrogens is 210 g/mol. The Morgan fingerprint density at radius 3 is 2.71 bits per heavy atom. The summed E-state index contributed by atoms with van der Waals surface area (Å²) in [7, 11) is 1.67. The largest absolute Gasteiger partial charge is 0.497 e. The van der Waals surface area contributed by atoms with Gasteiger partial charge in [0.1, 0.15) is 5.75 Å². The summed E-state index contributed by atoms with van der Waals surface area (Å²) in [6.45, 7) is 6.44. The van der Waals surface area contributed by atoms with E-state index in [1.807, 2.05) is 12.1 Å². The van der Waals surface area contributed by atoms with Crippen molar-refractivity contribution in [3.63, 3.8) is 0 Å². The number of methoxy groups -OCH3 is 1. The van der Waals surface area contributed by atoms with Crippen molar-refractivity contribution in [2.75, 3.05) is 7.11 Å². The minimum absolute atomic E-state index is 0.316. The highest BCUT2D eigenvalue weighted by atomic mass is 16.5. The van der Waals surface area contributed by atoms with Crippen molar-refractivity contribution in [1.82, 2.24) is 0 Å². The first kappa shape index (κ1) is 12.0. The SMILES string of the molecule is COc1ccc2c(c1)[C@@](C#N)(C(C)C)[C@H](C)C2. The molecule has 0 aliphatic heterocycles. The van der Waals surface area contributed by atoms with Crippen LogP contribution in [0, 0.1) is 23.2 Å². The van der Waals surface area contributed by atoms with Crippen molar-refractivity contribution in [3.8, 4) is 11.8 Å². The fraction of sp³-hybridized carbons (Fsp3) is 0.533. The van der Waals surface area contributed by atoms with Crippen LogP contribution in [0.15, 0.2) is 18.2 Å². The molecule has 2 atom stereocenters. The molecule has 2 nitrogen and oxygen atoms in total. The summed E-state index contributed by atoms with van der Waals surface area (Å²) < 4.78 is 5.28. The van der Waals surface area contributed by atoms with Crippen LogP contribution in [-0.4, -0.2) is 7.11 Å². The fourth-order valence-corrected chi connectivity index (χ4v) is 3.18. The van der Waals surface area contributed by atoms with E-state index in [0.29, 0.717) is 11.8 Å². The van der Waals surface area contributed by atoms with E-state index < -0.39 is 0 Å². The second-order valence-corrected chi connectivity index (χ2v) is 5.26. The summed E-state index contributed by atoms with van der Waals surface area (Å²) >= 11 is 0. The molecule has 90 valence electrons. The Labute approximate surface area is 103 Å². The van der Waals surface area contributed by atoms with Crippen LogP contribution in [0.2, 0.25) is 0 Å². The minimum Gasteiger partial charge on any atom is -0.497 e. The van der Waals surface area contributed by atoms with Crippen molar-refractivity contribution >= 4 is 0 Å². The molecule has 0 saturated carbocycles. The predicted molar refractivity (Wildman–Crippen MR) is 68.0 cm³/mol.